The van der Waals surface area contributed by atoms with E-state index >= 15 is 0 Å². The zero-order valence-electron chi connectivity index (χ0n) is 28.8. The van der Waals surface area contributed by atoms with Crippen LogP contribution in [0.2, 0.25) is 0 Å². The summed E-state index contributed by atoms with van der Waals surface area (Å²) in [6, 6.07) is 5.87. The average Bonchev–Trinajstić information content (AvgIpc) is 3.14. The number of ether oxygens (including phenoxy) is 7. The van der Waals surface area contributed by atoms with Crippen molar-refractivity contribution in [3.63, 3.8) is 0 Å². The van der Waals surface area contributed by atoms with Gasteiger partial charge in [0.25, 0.3) is 0 Å². The van der Waals surface area contributed by atoms with Crippen LogP contribution in [0.25, 0.3) is 22.3 Å². The Kier molecular flexibility index (Phi) is 11.6. The van der Waals surface area contributed by atoms with Crippen LogP contribution in [0.5, 0.6) is 28.7 Å². The Hall–Kier alpha value is -3.87. The van der Waals surface area contributed by atoms with Gasteiger partial charge < -0.3 is 93.7 Å². The minimum Gasteiger partial charge on any atom is -0.508 e. The molecule has 3 aliphatic heterocycles. The number of rotatable bonds is 9. The Morgan fingerprint density at radius 3 is 1.85 bits per heavy atom. The van der Waals surface area contributed by atoms with Gasteiger partial charge in [0.2, 0.25) is 23.8 Å². The number of phenols is 2. The zero-order chi connectivity index (χ0) is 39.3. The Bertz CT molecular complexity index is 1850. The quantitative estimate of drug-likeness (QED) is 0.104. The van der Waals surface area contributed by atoms with Crippen LogP contribution in [0.15, 0.2) is 39.5 Å². The lowest BCUT2D eigenvalue weighted by atomic mass is 9.98. The second-order valence-electron chi connectivity index (χ2n) is 13.2. The monoisotopic (exact) mass is 770 g/mol. The van der Waals surface area contributed by atoms with Crippen LogP contribution >= 0.6 is 0 Å². The number of aromatic hydroxyl groups is 2. The third-order valence-electron chi connectivity index (χ3n) is 9.53. The van der Waals surface area contributed by atoms with Crippen LogP contribution in [0.1, 0.15) is 13.8 Å². The molecular formula is C34H42O20. The van der Waals surface area contributed by atoms with E-state index in [1.807, 2.05) is 0 Å². The molecule has 0 spiro atoms. The summed E-state index contributed by atoms with van der Waals surface area (Å²) in [5, 5.41) is 114. The molecule has 3 aliphatic rings. The van der Waals surface area contributed by atoms with Crippen molar-refractivity contribution >= 4 is 11.0 Å². The van der Waals surface area contributed by atoms with Crippen molar-refractivity contribution in [2.24, 2.45) is 0 Å². The lowest BCUT2D eigenvalue weighted by Gasteiger charge is -2.42. The topological polar surface area (TPSA) is 317 Å². The molecule has 3 aromatic rings. The molecule has 20 nitrogen and oxygen atoms in total. The molecule has 0 radical (unpaired) electrons. The second kappa shape index (κ2) is 15.7. The van der Waals surface area contributed by atoms with Gasteiger partial charge in [0.15, 0.2) is 23.5 Å². The highest BCUT2D eigenvalue weighted by molar-refractivity contribution is 5.88. The van der Waals surface area contributed by atoms with Crippen molar-refractivity contribution in [3.05, 3.63) is 40.6 Å². The SMILES string of the molecule is COc1cc(-c2oc3cc(O)cc(O)c3c(=O)c2O[C@@H]2O[C@H](CO[C@H]3O[C@H](C)[C@@H](O)[C@@H](O)[C@@H]3O)[C@@H](O)[C@H](O)[C@H]2O)ccc1O[C@@H]1O[C@H](C)[C@@H](O)[C@H](O)[C@H]1O. The fourth-order valence-electron chi connectivity index (χ4n) is 6.32. The summed E-state index contributed by atoms with van der Waals surface area (Å²) in [5.41, 5.74) is -1.30. The maximum Gasteiger partial charge on any atom is 0.239 e. The zero-order valence-corrected chi connectivity index (χ0v) is 28.8. The smallest absolute Gasteiger partial charge is 0.239 e. The van der Waals surface area contributed by atoms with Gasteiger partial charge in [-0.3, -0.25) is 4.79 Å². The molecule has 0 aliphatic carbocycles. The van der Waals surface area contributed by atoms with Gasteiger partial charge in [-0.25, -0.2) is 0 Å². The molecule has 0 bridgehead atoms. The lowest BCUT2D eigenvalue weighted by Crippen LogP contribution is -2.61. The number of hydrogen-bond acceptors (Lipinski definition) is 20. The highest BCUT2D eigenvalue weighted by atomic mass is 16.7. The van der Waals surface area contributed by atoms with E-state index in [4.69, 9.17) is 37.6 Å². The van der Waals surface area contributed by atoms with E-state index < -0.39 is 127 Å². The summed E-state index contributed by atoms with van der Waals surface area (Å²) < 4.78 is 45.1. The number of benzene rings is 2. The van der Waals surface area contributed by atoms with E-state index in [0.717, 1.165) is 12.1 Å². The van der Waals surface area contributed by atoms with Crippen molar-refractivity contribution in [3.8, 4) is 40.1 Å². The minimum atomic E-state index is -2.01. The molecule has 11 N–H and O–H groups in total. The van der Waals surface area contributed by atoms with Crippen molar-refractivity contribution in [2.45, 2.75) is 106 Å². The molecule has 3 saturated heterocycles. The first kappa shape index (κ1) is 39.8. The van der Waals surface area contributed by atoms with Gasteiger partial charge in [-0.2, -0.15) is 0 Å². The molecule has 0 unspecified atom stereocenters. The molecule has 2 aromatic carbocycles. The molecule has 298 valence electrons. The fraction of sp³-hybridized carbons (Fsp3) is 0.559. The Balaban J connectivity index is 1.33. The Morgan fingerprint density at radius 2 is 1.22 bits per heavy atom. The predicted molar refractivity (Wildman–Crippen MR) is 176 cm³/mol. The van der Waals surface area contributed by atoms with Crippen LogP contribution in [0.4, 0.5) is 0 Å². The lowest BCUT2D eigenvalue weighted by molar-refractivity contribution is -0.318. The van der Waals surface area contributed by atoms with Crippen molar-refractivity contribution in [1.29, 1.82) is 0 Å². The van der Waals surface area contributed by atoms with Gasteiger partial charge in [-0.15, -0.1) is 0 Å². The summed E-state index contributed by atoms with van der Waals surface area (Å²) in [5.74, 6) is -2.31. The largest absolute Gasteiger partial charge is 0.508 e. The summed E-state index contributed by atoms with van der Waals surface area (Å²) in [6.45, 7) is 2.25. The van der Waals surface area contributed by atoms with Gasteiger partial charge in [0, 0.05) is 17.7 Å². The van der Waals surface area contributed by atoms with E-state index in [-0.39, 0.29) is 28.4 Å². The van der Waals surface area contributed by atoms with Crippen LogP contribution in [0, 0.1) is 0 Å². The van der Waals surface area contributed by atoms with E-state index in [2.05, 4.69) is 0 Å². The standard InChI is InChI=1S/C34H42O20/c1-10-20(37)24(41)27(44)32(49-10)48-9-18-22(39)26(43)29(46)34(53-18)54-31-23(40)19-14(36)7-13(35)8-17(19)51-30(31)12-4-5-15(16(6-12)47-3)52-33-28(45)25(42)21(38)11(2)50-33/h4-8,10-11,18,20-22,24-29,32-39,41-46H,9H2,1-3H3/t10-,11-,18-,20-,21-,22-,24-,25+,26+,27+,28-,29-,32+,33+,34+/m1/s1. The van der Waals surface area contributed by atoms with Gasteiger partial charge >= 0.3 is 0 Å². The van der Waals surface area contributed by atoms with E-state index in [0.29, 0.717) is 0 Å². The van der Waals surface area contributed by atoms with Crippen molar-refractivity contribution in [1.82, 2.24) is 0 Å². The Morgan fingerprint density at radius 1 is 0.648 bits per heavy atom. The maximum atomic E-state index is 14.0. The van der Waals surface area contributed by atoms with Crippen LogP contribution in [-0.2, 0) is 18.9 Å². The van der Waals surface area contributed by atoms with E-state index in [1.54, 1.807) is 0 Å². The molecule has 20 heteroatoms. The molecule has 0 saturated carbocycles. The van der Waals surface area contributed by atoms with Gasteiger partial charge in [-0.1, -0.05) is 0 Å². The van der Waals surface area contributed by atoms with Gasteiger partial charge in [0.1, 0.15) is 83.5 Å². The van der Waals surface area contributed by atoms with Gasteiger partial charge in [0.05, 0.1) is 25.9 Å². The maximum absolute atomic E-state index is 14.0. The molecule has 0 amide bonds. The van der Waals surface area contributed by atoms with Crippen molar-refractivity contribution < 1.29 is 93.7 Å². The van der Waals surface area contributed by atoms with Gasteiger partial charge in [-0.05, 0) is 32.0 Å². The summed E-state index contributed by atoms with van der Waals surface area (Å²) in [7, 11) is 1.26. The predicted octanol–water partition coefficient (Wildman–Crippen LogP) is -2.88. The van der Waals surface area contributed by atoms with Crippen LogP contribution in [0.3, 0.4) is 0 Å². The van der Waals surface area contributed by atoms with Crippen LogP contribution in [-0.4, -0.2) is 162 Å². The highest BCUT2D eigenvalue weighted by Gasteiger charge is 2.48. The first-order valence-electron chi connectivity index (χ1n) is 16.8. The minimum absolute atomic E-state index is 0.0311. The average molecular weight is 771 g/mol. The molecule has 6 rings (SSSR count). The van der Waals surface area contributed by atoms with E-state index in [1.165, 1.54) is 39.2 Å². The first-order chi connectivity index (χ1) is 25.5. The van der Waals surface area contributed by atoms with E-state index in [9.17, 15) is 61.0 Å². The number of aliphatic hydroxyl groups is 9. The number of methoxy groups -OCH3 is 1. The number of aliphatic hydroxyl groups excluding tert-OH is 9. The normalized spacial score (nSPS) is 37.2. The number of phenolic OH excluding ortho intramolecular Hbond substituents is 2. The first-order valence-corrected chi connectivity index (χ1v) is 16.8. The molecule has 3 fully saturated rings. The number of fused-ring (bicyclic) bond motifs is 1. The molecule has 1 aromatic heterocycles. The number of hydrogen-bond donors (Lipinski definition) is 11. The van der Waals surface area contributed by atoms with Crippen molar-refractivity contribution in [2.75, 3.05) is 13.7 Å². The third-order valence-corrected chi connectivity index (χ3v) is 9.53. The summed E-state index contributed by atoms with van der Waals surface area (Å²) >= 11 is 0. The van der Waals surface area contributed by atoms with Crippen LogP contribution < -0.4 is 19.6 Å². The Labute approximate surface area is 305 Å². The fourth-order valence-corrected chi connectivity index (χ4v) is 6.32. The summed E-state index contributed by atoms with van der Waals surface area (Å²) in [4.78, 5) is 14.0. The third kappa shape index (κ3) is 7.41. The summed E-state index contributed by atoms with van der Waals surface area (Å²) in [6.07, 6.45) is -23.5. The molecule has 15 atom stereocenters. The molecule has 4 heterocycles. The molecule has 54 heavy (non-hydrogen) atoms. The highest BCUT2D eigenvalue weighted by Crippen LogP contribution is 2.41. The second-order valence-corrected chi connectivity index (χ2v) is 13.2. The molecular weight excluding hydrogens is 728 g/mol.